The van der Waals surface area contributed by atoms with Crippen molar-refractivity contribution in [2.75, 3.05) is 19.7 Å². The van der Waals surface area contributed by atoms with Crippen LogP contribution in [-0.4, -0.2) is 35.3 Å². The lowest BCUT2D eigenvalue weighted by Crippen LogP contribution is -2.37. The summed E-state index contributed by atoms with van der Waals surface area (Å²) in [5.74, 6) is 0.654. The number of likely N-dealkylation sites (tertiary alicyclic amines) is 1. The molecule has 0 radical (unpaired) electrons. The normalized spacial score (nSPS) is 21.4. The highest BCUT2D eigenvalue weighted by molar-refractivity contribution is 6.32. The minimum absolute atomic E-state index is 0.286. The molecule has 3 rings (SSSR count). The Morgan fingerprint density at radius 2 is 1.88 bits per heavy atom. The molecule has 1 heterocycles. The smallest absolute Gasteiger partial charge is 0.138 e. The van der Waals surface area contributed by atoms with Gasteiger partial charge < -0.3 is 9.84 Å². The van der Waals surface area contributed by atoms with Crippen LogP contribution in [0, 0.1) is 13.8 Å². The molecule has 2 aromatic carbocycles. The molecule has 0 aliphatic carbocycles. The Morgan fingerprint density at radius 1 is 1.08 bits per heavy atom. The summed E-state index contributed by atoms with van der Waals surface area (Å²) in [6.45, 7) is 7.22. The predicted molar refractivity (Wildman–Crippen MR) is 107 cm³/mol. The molecule has 4 heteroatoms. The molecule has 1 N–H and O–H groups in total. The maximum atomic E-state index is 11.0. The summed E-state index contributed by atoms with van der Waals surface area (Å²) in [5.41, 5.74) is 2.92. The first kappa shape index (κ1) is 19.2. The second-order valence-electron chi connectivity index (χ2n) is 7.57. The number of nitrogens with zero attached hydrogens (tertiary/aromatic N) is 1. The molecule has 26 heavy (non-hydrogen) atoms. The van der Waals surface area contributed by atoms with Gasteiger partial charge in [0.15, 0.2) is 0 Å². The SMILES string of the molecule is Cc1cccc(CN2CCCC(O)(COc3cc(C)ccc3Cl)CC2)c1. The summed E-state index contributed by atoms with van der Waals surface area (Å²) in [6.07, 6.45) is 2.43. The second kappa shape index (κ2) is 8.43. The van der Waals surface area contributed by atoms with E-state index in [2.05, 4.69) is 36.1 Å². The van der Waals surface area contributed by atoms with Crippen LogP contribution in [0.25, 0.3) is 0 Å². The van der Waals surface area contributed by atoms with E-state index < -0.39 is 5.60 Å². The number of hydrogen-bond acceptors (Lipinski definition) is 3. The molecule has 1 unspecified atom stereocenters. The van der Waals surface area contributed by atoms with Crippen molar-refractivity contribution >= 4 is 11.6 Å². The van der Waals surface area contributed by atoms with Crippen molar-refractivity contribution in [3.05, 3.63) is 64.2 Å². The van der Waals surface area contributed by atoms with Crippen LogP contribution in [0.3, 0.4) is 0 Å². The third kappa shape index (κ3) is 5.23. The highest BCUT2D eigenvalue weighted by Crippen LogP contribution is 2.29. The minimum Gasteiger partial charge on any atom is -0.489 e. The fourth-order valence-corrected chi connectivity index (χ4v) is 3.71. The van der Waals surface area contributed by atoms with Gasteiger partial charge >= 0.3 is 0 Å². The van der Waals surface area contributed by atoms with Crippen molar-refractivity contribution < 1.29 is 9.84 Å². The predicted octanol–water partition coefficient (Wildman–Crippen LogP) is 4.75. The zero-order valence-corrected chi connectivity index (χ0v) is 16.4. The lowest BCUT2D eigenvalue weighted by molar-refractivity contribution is -0.0168. The molecule has 0 saturated carbocycles. The molecule has 0 aromatic heterocycles. The van der Waals surface area contributed by atoms with Crippen molar-refractivity contribution in [3.63, 3.8) is 0 Å². The Labute approximate surface area is 161 Å². The first-order valence-corrected chi connectivity index (χ1v) is 9.71. The molecular weight excluding hydrogens is 346 g/mol. The van der Waals surface area contributed by atoms with Crippen LogP contribution in [0.5, 0.6) is 5.75 Å². The van der Waals surface area contributed by atoms with Gasteiger partial charge in [0.2, 0.25) is 0 Å². The van der Waals surface area contributed by atoms with Gasteiger partial charge in [-0.3, -0.25) is 4.90 Å². The first-order valence-electron chi connectivity index (χ1n) is 9.33. The number of aliphatic hydroxyl groups is 1. The van der Waals surface area contributed by atoms with Gasteiger partial charge in [-0.25, -0.2) is 0 Å². The first-order chi connectivity index (χ1) is 12.4. The van der Waals surface area contributed by atoms with Crippen LogP contribution < -0.4 is 4.74 Å². The highest BCUT2D eigenvalue weighted by atomic mass is 35.5. The number of aryl methyl sites for hydroxylation is 2. The molecule has 1 fully saturated rings. The quantitative estimate of drug-likeness (QED) is 0.820. The van der Waals surface area contributed by atoms with Gasteiger partial charge in [0.25, 0.3) is 0 Å². The zero-order chi connectivity index (χ0) is 18.6. The summed E-state index contributed by atoms with van der Waals surface area (Å²) in [4.78, 5) is 2.42. The number of halogens is 1. The summed E-state index contributed by atoms with van der Waals surface area (Å²) in [7, 11) is 0. The fourth-order valence-electron chi connectivity index (χ4n) is 3.54. The number of hydrogen-bond donors (Lipinski definition) is 1. The van der Waals surface area contributed by atoms with E-state index in [1.807, 2.05) is 25.1 Å². The molecule has 2 aromatic rings. The molecule has 3 nitrogen and oxygen atoms in total. The van der Waals surface area contributed by atoms with E-state index in [1.54, 1.807) is 0 Å². The Kier molecular flexibility index (Phi) is 6.23. The third-order valence-corrected chi connectivity index (χ3v) is 5.39. The average molecular weight is 374 g/mol. The van der Waals surface area contributed by atoms with Gasteiger partial charge in [0.05, 0.1) is 10.6 Å². The van der Waals surface area contributed by atoms with Crippen molar-refractivity contribution in [3.8, 4) is 5.75 Å². The number of benzene rings is 2. The van der Waals surface area contributed by atoms with E-state index >= 15 is 0 Å². The maximum Gasteiger partial charge on any atom is 0.138 e. The summed E-state index contributed by atoms with van der Waals surface area (Å²) in [6, 6.07) is 14.4. The molecule has 1 saturated heterocycles. The lowest BCUT2D eigenvalue weighted by Gasteiger charge is -2.27. The van der Waals surface area contributed by atoms with Crippen LogP contribution in [0.1, 0.15) is 36.0 Å². The van der Waals surface area contributed by atoms with Gasteiger partial charge in [0.1, 0.15) is 12.4 Å². The lowest BCUT2D eigenvalue weighted by atomic mass is 9.96. The largest absolute Gasteiger partial charge is 0.489 e. The topological polar surface area (TPSA) is 32.7 Å². The van der Waals surface area contributed by atoms with E-state index in [4.69, 9.17) is 16.3 Å². The minimum atomic E-state index is -0.797. The van der Waals surface area contributed by atoms with Crippen molar-refractivity contribution in [1.29, 1.82) is 0 Å². The zero-order valence-electron chi connectivity index (χ0n) is 15.7. The standard InChI is InChI=1S/C22H28ClNO2/c1-17-5-3-6-19(13-17)15-24-11-4-9-22(25,10-12-24)16-26-21-14-18(2)7-8-20(21)23/h3,5-8,13-14,25H,4,9-12,15-16H2,1-2H3. The monoisotopic (exact) mass is 373 g/mol. The summed E-state index contributed by atoms with van der Waals surface area (Å²) >= 11 is 6.20. The van der Waals surface area contributed by atoms with E-state index in [1.165, 1.54) is 11.1 Å². The molecule has 0 bridgehead atoms. The van der Waals surface area contributed by atoms with Crippen LogP contribution >= 0.6 is 11.6 Å². The van der Waals surface area contributed by atoms with Crippen molar-refractivity contribution in [2.24, 2.45) is 0 Å². The maximum absolute atomic E-state index is 11.0. The average Bonchev–Trinajstić information content (AvgIpc) is 2.78. The summed E-state index contributed by atoms with van der Waals surface area (Å²) in [5, 5.41) is 11.6. The molecule has 1 aliphatic heterocycles. The Morgan fingerprint density at radius 3 is 2.69 bits per heavy atom. The van der Waals surface area contributed by atoms with E-state index in [0.29, 0.717) is 17.2 Å². The Balaban J connectivity index is 1.57. The van der Waals surface area contributed by atoms with E-state index in [0.717, 1.165) is 38.0 Å². The van der Waals surface area contributed by atoms with Gasteiger partial charge in [-0.1, -0.05) is 47.5 Å². The molecular formula is C22H28ClNO2. The summed E-state index contributed by atoms with van der Waals surface area (Å²) < 4.78 is 5.88. The van der Waals surface area contributed by atoms with Crippen LogP contribution in [0.4, 0.5) is 0 Å². The Hall–Kier alpha value is -1.55. The van der Waals surface area contributed by atoms with Gasteiger partial charge in [-0.2, -0.15) is 0 Å². The second-order valence-corrected chi connectivity index (χ2v) is 7.97. The van der Waals surface area contributed by atoms with Crippen LogP contribution in [-0.2, 0) is 6.54 Å². The molecule has 1 aliphatic rings. The molecule has 0 amide bonds. The van der Waals surface area contributed by atoms with Crippen LogP contribution in [0.15, 0.2) is 42.5 Å². The van der Waals surface area contributed by atoms with E-state index in [-0.39, 0.29) is 6.61 Å². The number of rotatable bonds is 5. The van der Waals surface area contributed by atoms with Gasteiger partial charge in [-0.15, -0.1) is 0 Å². The Bertz CT molecular complexity index is 749. The van der Waals surface area contributed by atoms with E-state index in [9.17, 15) is 5.11 Å². The van der Waals surface area contributed by atoms with Crippen LogP contribution in [0.2, 0.25) is 5.02 Å². The molecule has 1 atom stereocenters. The van der Waals surface area contributed by atoms with Gasteiger partial charge in [0, 0.05) is 13.1 Å². The third-order valence-electron chi connectivity index (χ3n) is 5.08. The molecule has 140 valence electrons. The fraction of sp³-hybridized carbons (Fsp3) is 0.455. The van der Waals surface area contributed by atoms with Crippen molar-refractivity contribution in [2.45, 2.75) is 45.3 Å². The molecule has 0 spiro atoms. The van der Waals surface area contributed by atoms with Gasteiger partial charge in [-0.05, 0) is 62.9 Å². The number of ether oxygens (including phenoxy) is 1. The highest BCUT2D eigenvalue weighted by Gasteiger charge is 2.31. The van der Waals surface area contributed by atoms with Crippen molar-refractivity contribution in [1.82, 2.24) is 4.90 Å².